The predicted molar refractivity (Wildman–Crippen MR) is 31.6 cm³/mol. The Morgan fingerprint density at radius 1 is 1.75 bits per heavy atom. The lowest BCUT2D eigenvalue weighted by Gasteiger charge is -1.95. The molecular formula is C6H3ClO. The molecule has 1 aliphatic carbocycles. The van der Waals surface area contributed by atoms with Gasteiger partial charge in [0.25, 0.3) is 0 Å². The summed E-state index contributed by atoms with van der Waals surface area (Å²) in [4.78, 5) is 10.5. The van der Waals surface area contributed by atoms with E-state index in [1.807, 2.05) is 0 Å². The van der Waals surface area contributed by atoms with Crippen LogP contribution in [0.3, 0.4) is 0 Å². The summed E-state index contributed by atoms with van der Waals surface area (Å²) in [6, 6.07) is 0. The van der Waals surface area contributed by atoms with Crippen molar-refractivity contribution < 1.29 is 4.79 Å². The topological polar surface area (TPSA) is 17.1 Å². The van der Waals surface area contributed by atoms with Crippen LogP contribution in [0.1, 0.15) is 0 Å². The minimum Gasteiger partial charge on any atom is -0.292 e. The molecule has 0 fully saturated rings. The third kappa shape index (κ3) is 0.907. The minimum atomic E-state index is -0.611. The van der Waals surface area contributed by atoms with Crippen molar-refractivity contribution in [2.75, 3.05) is 0 Å². The lowest BCUT2D eigenvalue weighted by Crippen LogP contribution is -2.10. The molecule has 1 atom stereocenters. The number of ketones is 1. The summed E-state index contributed by atoms with van der Waals surface area (Å²) in [6.45, 7) is 0. The first-order chi connectivity index (χ1) is 3.80. The predicted octanol–water partition coefficient (Wildman–Crippen LogP) is 0.736. The Labute approximate surface area is 52.3 Å². The first-order valence-corrected chi connectivity index (χ1v) is 2.60. The number of hydrogen-bond acceptors (Lipinski definition) is 1. The number of halogens is 1. The molecule has 0 N–H and O–H groups in total. The van der Waals surface area contributed by atoms with Crippen molar-refractivity contribution in [3.63, 3.8) is 0 Å². The molecule has 0 spiro atoms. The standard InChI is InChI=1S/C6H3ClO/c7-5-3-1-2-4-6(5)8/h2,4-5H. The van der Waals surface area contributed by atoms with Gasteiger partial charge in [-0.25, -0.2) is 0 Å². The maximum absolute atomic E-state index is 10.5. The van der Waals surface area contributed by atoms with E-state index in [-0.39, 0.29) is 5.78 Å². The summed E-state index contributed by atoms with van der Waals surface area (Å²) < 4.78 is 0. The number of alkyl halides is 1. The quantitative estimate of drug-likeness (QED) is 0.346. The zero-order valence-corrected chi connectivity index (χ0v) is 4.77. The van der Waals surface area contributed by atoms with E-state index in [1.54, 1.807) is 0 Å². The highest BCUT2D eigenvalue weighted by atomic mass is 35.5. The van der Waals surface area contributed by atoms with E-state index in [1.165, 1.54) is 12.2 Å². The van der Waals surface area contributed by atoms with Crippen molar-refractivity contribution in [2.24, 2.45) is 0 Å². The molecule has 0 saturated heterocycles. The van der Waals surface area contributed by atoms with Gasteiger partial charge in [-0.15, -0.1) is 0 Å². The Bertz CT molecular complexity index is 194. The second-order valence-corrected chi connectivity index (χ2v) is 1.82. The van der Waals surface area contributed by atoms with Gasteiger partial charge in [-0.05, 0) is 12.2 Å². The largest absolute Gasteiger partial charge is 0.292 e. The van der Waals surface area contributed by atoms with Crippen LogP contribution in [-0.2, 0) is 4.79 Å². The molecule has 0 amide bonds. The third-order valence-electron chi connectivity index (χ3n) is 0.791. The molecule has 0 aliphatic heterocycles. The number of rotatable bonds is 0. The Kier molecular flexibility index (Phi) is 1.36. The molecule has 2 heteroatoms. The molecule has 0 heterocycles. The lowest BCUT2D eigenvalue weighted by atomic mass is 10.2. The highest BCUT2D eigenvalue weighted by Gasteiger charge is 2.08. The van der Waals surface area contributed by atoms with Crippen LogP contribution in [0.25, 0.3) is 0 Å². The summed E-state index contributed by atoms with van der Waals surface area (Å²) in [5, 5.41) is -0.611. The molecular weight excluding hydrogens is 124 g/mol. The van der Waals surface area contributed by atoms with E-state index >= 15 is 0 Å². The first kappa shape index (κ1) is 5.40. The van der Waals surface area contributed by atoms with E-state index in [4.69, 9.17) is 11.6 Å². The van der Waals surface area contributed by atoms with Crippen molar-refractivity contribution in [3.05, 3.63) is 12.2 Å². The molecule has 0 radical (unpaired) electrons. The molecule has 1 rings (SSSR count). The SMILES string of the molecule is O=C1C=CC#CC1Cl. The average molecular weight is 127 g/mol. The van der Waals surface area contributed by atoms with Crippen LogP contribution in [0.2, 0.25) is 0 Å². The van der Waals surface area contributed by atoms with E-state index in [2.05, 4.69) is 11.8 Å². The Hall–Kier alpha value is -0.740. The molecule has 0 saturated carbocycles. The van der Waals surface area contributed by atoms with Crippen molar-refractivity contribution >= 4 is 17.4 Å². The summed E-state index contributed by atoms with van der Waals surface area (Å²) >= 11 is 5.39. The van der Waals surface area contributed by atoms with Gasteiger partial charge < -0.3 is 0 Å². The van der Waals surface area contributed by atoms with Crippen molar-refractivity contribution in [1.82, 2.24) is 0 Å². The van der Waals surface area contributed by atoms with E-state index in [0.29, 0.717) is 0 Å². The van der Waals surface area contributed by atoms with Gasteiger partial charge in [-0.2, -0.15) is 0 Å². The van der Waals surface area contributed by atoms with Gasteiger partial charge in [0.2, 0.25) is 0 Å². The Morgan fingerprint density at radius 2 is 2.50 bits per heavy atom. The normalized spacial score (nSPS) is 24.6. The van der Waals surface area contributed by atoms with Gasteiger partial charge in [0.05, 0.1) is 0 Å². The molecule has 40 valence electrons. The lowest BCUT2D eigenvalue weighted by molar-refractivity contribution is -0.113. The van der Waals surface area contributed by atoms with Gasteiger partial charge in [0, 0.05) is 0 Å². The van der Waals surface area contributed by atoms with Gasteiger partial charge in [-0.3, -0.25) is 4.79 Å². The van der Waals surface area contributed by atoms with Crippen molar-refractivity contribution in [3.8, 4) is 11.8 Å². The smallest absolute Gasteiger partial charge is 0.186 e. The van der Waals surface area contributed by atoms with E-state index in [0.717, 1.165) is 0 Å². The average Bonchev–Trinajstić information content (AvgIpc) is 1.77. The van der Waals surface area contributed by atoms with Gasteiger partial charge in [0.15, 0.2) is 11.2 Å². The van der Waals surface area contributed by atoms with Crippen molar-refractivity contribution in [2.45, 2.75) is 5.38 Å². The van der Waals surface area contributed by atoms with Gasteiger partial charge >= 0.3 is 0 Å². The second-order valence-electron chi connectivity index (χ2n) is 1.39. The van der Waals surface area contributed by atoms with Crippen LogP contribution in [0.5, 0.6) is 0 Å². The number of allylic oxidation sites excluding steroid dienone is 2. The number of carbonyl (C=O) groups is 1. The van der Waals surface area contributed by atoms with Crippen molar-refractivity contribution in [1.29, 1.82) is 0 Å². The summed E-state index contributed by atoms with van der Waals surface area (Å²) in [5.74, 6) is 4.97. The molecule has 1 unspecified atom stereocenters. The molecule has 0 aromatic heterocycles. The molecule has 1 aliphatic rings. The molecule has 0 aromatic rings. The molecule has 0 aromatic carbocycles. The van der Waals surface area contributed by atoms with Crippen LogP contribution >= 0.6 is 11.6 Å². The maximum Gasteiger partial charge on any atom is 0.186 e. The highest BCUT2D eigenvalue weighted by molar-refractivity contribution is 6.35. The highest BCUT2D eigenvalue weighted by Crippen LogP contribution is 1.99. The minimum absolute atomic E-state index is 0.120. The van der Waals surface area contributed by atoms with Crippen LogP contribution < -0.4 is 0 Å². The fourth-order valence-electron chi connectivity index (χ4n) is 0.401. The zero-order chi connectivity index (χ0) is 5.98. The molecule has 1 nitrogen and oxygen atoms in total. The second kappa shape index (κ2) is 2.02. The van der Waals surface area contributed by atoms with Crippen LogP contribution in [0.4, 0.5) is 0 Å². The summed E-state index contributed by atoms with van der Waals surface area (Å²) in [6.07, 6.45) is 2.88. The fraction of sp³-hybridized carbons (Fsp3) is 0.167. The summed E-state index contributed by atoms with van der Waals surface area (Å²) in [5.41, 5.74) is 0. The van der Waals surface area contributed by atoms with Crippen LogP contribution in [-0.4, -0.2) is 11.2 Å². The van der Waals surface area contributed by atoms with E-state index < -0.39 is 5.38 Å². The number of carbonyl (C=O) groups excluding carboxylic acids is 1. The number of hydrogen-bond donors (Lipinski definition) is 0. The maximum atomic E-state index is 10.5. The summed E-state index contributed by atoms with van der Waals surface area (Å²) in [7, 11) is 0. The molecule has 8 heavy (non-hydrogen) atoms. The van der Waals surface area contributed by atoms with Crippen LogP contribution in [0, 0.1) is 11.8 Å². The Morgan fingerprint density at radius 3 is 2.88 bits per heavy atom. The van der Waals surface area contributed by atoms with E-state index in [9.17, 15) is 4.79 Å². The molecule has 0 bridgehead atoms. The van der Waals surface area contributed by atoms with Crippen LogP contribution in [0.15, 0.2) is 12.2 Å². The Balaban J connectivity index is 2.83. The van der Waals surface area contributed by atoms with Gasteiger partial charge in [-0.1, -0.05) is 23.4 Å². The zero-order valence-electron chi connectivity index (χ0n) is 4.02. The monoisotopic (exact) mass is 126 g/mol. The third-order valence-corrected chi connectivity index (χ3v) is 1.11. The first-order valence-electron chi connectivity index (χ1n) is 2.16. The fourth-order valence-corrected chi connectivity index (χ4v) is 0.536. The van der Waals surface area contributed by atoms with Gasteiger partial charge in [0.1, 0.15) is 0 Å².